The highest BCUT2D eigenvalue weighted by Gasteiger charge is 2.27. The fraction of sp³-hybridized carbons (Fsp3) is 0.692. The second-order valence-electron chi connectivity index (χ2n) is 5.28. The highest BCUT2D eigenvalue weighted by molar-refractivity contribution is 7.18. The van der Waals surface area contributed by atoms with Crippen LogP contribution in [0.4, 0.5) is 10.9 Å². The first-order valence-electron chi connectivity index (χ1n) is 6.79. The van der Waals surface area contributed by atoms with Crippen molar-refractivity contribution in [3.8, 4) is 0 Å². The molecule has 1 aliphatic rings. The van der Waals surface area contributed by atoms with Crippen LogP contribution in [-0.2, 0) is 0 Å². The van der Waals surface area contributed by atoms with Crippen LogP contribution in [0.25, 0.3) is 0 Å². The maximum Gasteiger partial charge on any atom is 0.267 e. The lowest BCUT2D eigenvalue weighted by atomic mass is 10.2. The number of nitrogen functional groups attached to an aromatic ring is 1. The summed E-state index contributed by atoms with van der Waals surface area (Å²) in [6, 6.07) is 0. The van der Waals surface area contributed by atoms with Crippen LogP contribution in [0.2, 0.25) is 0 Å². The van der Waals surface area contributed by atoms with Crippen LogP contribution in [0.15, 0.2) is 0 Å². The number of carbonyl (C=O) groups is 1. The monoisotopic (exact) mass is 282 g/mol. The first kappa shape index (κ1) is 14.1. The summed E-state index contributed by atoms with van der Waals surface area (Å²) >= 11 is 1.40. The molecule has 0 spiro atoms. The van der Waals surface area contributed by atoms with Crippen molar-refractivity contribution in [1.29, 1.82) is 0 Å². The maximum absolute atomic E-state index is 12.4. The molecule has 6 heteroatoms. The largest absolute Gasteiger partial charge is 0.382 e. The molecule has 1 unspecified atom stereocenters. The summed E-state index contributed by atoms with van der Waals surface area (Å²) in [5, 5.41) is 0.829. The van der Waals surface area contributed by atoms with Crippen molar-refractivity contribution in [2.24, 2.45) is 5.92 Å². The Morgan fingerprint density at radius 2 is 2.37 bits per heavy atom. The molecule has 5 nitrogen and oxygen atoms in total. The number of thiazole rings is 1. The number of likely N-dealkylation sites (tertiary alicyclic amines) is 1. The van der Waals surface area contributed by atoms with Gasteiger partial charge in [0.15, 0.2) is 5.13 Å². The van der Waals surface area contributed by atoms with Gasteiger partial charge in [0.2, 0.25) is 0 Å². The first-order chi connectivity index (χ1) is 9.02. The van der Waals surface area contributed by atoms with Crippen molar-refractivity contribution < 1.29 is 4.79 Å². The molecule has 2 heterocycles. The van der Waals surface area contributed by atoms with Gasteiger partial charge in [-0.2, -0.15) is 0 Å². The number of nitrogens with two attached hydrogens (primary N) is 1. The molecule has 0 bridgehead atoms. The summed E-state index contributed by atoms with van der Waals surface area (Å²) in [7, 11) is 1.98. The van der Waals surface area contributed by atoms with E-state index in [0.29, 0.717) is 16.6 Å². The summed E-state index contributed by atoms with van der Waals surface area (Å²) < 4.78 is 0. The van der Waals surface area contributed by atoms with Gasteiger partial charge >= 0.3 is 0 Å². The zero-order valence-corrected chi connectivity index (χ0v) is 12.7. The Kier molecular flexibility index (Phi) is 4.29. The van der Waals surface area contributed by atoms with Crippen molar-refractivity contribution in [2.75, 3.05) is 37.3 Å². The van der Waals surface area contributed by atoms with Gasteiger partial charge in [-0.25, -0.2) is 4.98 Å². The van der Waals surface area contributed by atoms with Gasteiger partial charge in [-0.1, -0.05) is 25.2 Å². The highest BCUT2D eigenvalue weighted by Crippen LogP contribution is 2.30. The first-order valence-corrected chi connectivity index (χ1v) is 7.61. The molecule has 1 amide bonds. The number of hydrogen-bond donors (Lipinski definition) is 1. The number of anilines is 2. The summed E-state index contributed by atoms with van der Waals surface area (Å²) in [4.78, 5) is 21.2. The Morgan fingerprint density at radius 3 is 2.95 bits per heavy atom. The highest BCUT2D eigenvalue weighted by atomic mass is 32.1. The molecule has 2 rings (SSSR count). The number of amides is 1. The molecule has 1 aromatic rings. The molecule has 0 radical (unpaired) electrons. The van der Waals surface area contributed by atoms with E-state index in [9.17, 15) is 4.79 Å². The summed E-state index contributed by atoms with van der Waals surface area (Å²) in [6.07, 6.45) is 2.12. The molecule has 2 N–H and O–H groups in total. The van der Waals surface area contributed by atoms with Crippen LogP contribution in [-0.4, -0.2) is 42.5 Å². The zero-order valence-electron chi connectivity index (χ0n) is 11.8. The molecule has 106 valence electrons. The fourth-order valence-corrected chi connectivity index (χ4v) is 3.27. The van der Waals surface area contributed by atoms with E-state index in [1.807, 2.05) is 16.8 Å². The van der Waals surface area contributed by atoms with Crippen molar-refractivity contribution in [3.05, 3.63) is 4.88 Å². The molecule has 1 fully saturated rings. The van der Waals surface area contributed by atoms with Crippen molar-refractivity contribution in [1.82, 2.24) is 9.88 Å². The summed E-state index contributed by atoms with van der Waals surface area (Å²) in [5.41, 5.74) is 5.90. The molecule has 0 aromatic carbocycles. The van der Waals surface area contributed by atoms with Gasteiger partial charge in [-0.05, 0) is 18.8 Å². The van der Waals surface area contributed by atoms with Crippen molar-refractivity contribution >= 4 is 28.2 Å². The maximum atomic E-state index is 12.4. The molecule has 1 aromatic heterocycles. The third kappa shape index (κ3) is 3.00. The lowest BCUT2D eigenvalue weighted by Gasteiger charge is -2.15. The van der Waals surface area contributed by atoms with Crippen molar-refractivity contribution in [2.45, 2.75) is 26.7 Å². The van der Waals surface area contributed by atoms with E-state index < -0.39 is 0 Å². The molecule has 1 atom stereocenters. The molecular weight excluding hydrogens is 260 g/mol. The minimum Gasteiger partial charge on any atom is -0.382 e. The van der Waals surface area contributed by atoms with Gasteiger partial charge in [0.05, 0.1) is 0 Å². The smallest absolute Gasteiger partial charge is 0.267 e. The Morgan fingerprint density at radius 1 is 1.63 bits per heavy atom. The average molecular weight is 282 g/mol. The van der Waals surface area contributed by atoms with Gasteiger partial charge in [0, 0.05) is 26.7 Å². The predicted molar refractivity (Wildman–Crippen MR) is 79.8 cm³/mol. The third-order valence-electron chi connectivity index (χ3n) is 3.43. The molecule has 1 aliphatic heterocycles. The number of carbonyl (C=O) groups excluding carboxylic acids is 1. The van der Waals surface area contributed by atoms with E-state index in [0.717, 1.165) is 37.6 Å². The average Bonchev–Trinajstić information content (AvgIpc) is 2.95. The van der Waals surface area contributed by atoms with Gasteiger partial charge in [0.25, 0.3) is 5.91 Å². The van der Waals surface area contributed by atoms with E-state index in [1.165, 1.54) is 11.3 Å². The van der Waals surface area contributed by atoms with Crippen LogP contribution in [0, 0.1) is 5.92 Å². The lowest BCUT2D eigenvalue weighted by molar-refractivity contribution is 0.0793. The van der Waals surface area contributed by atoms with Gasteiger partial charge in [-0.15, -0.1) is 0 Å². The Labute approximate surface area is 118 Å². The van der Waals surface area contributed by atoms with Crippen LogP contribution in [0.1, 0.15) is 36.4 Å². The summed E-state index contributed by atoms with van der Waals surface area (Å²) in [5.74, 6) is 0.989. The number of hydrogen-bond acceptors (Lipinski definition) is 5. The molecule has 0 aliphatic carbocycles. The van der Waals surface area contributed by atoms with E-state index in [4.69, 9.17) is 5.73 Å². The van der Waals surface area contributed by atoms with Crippen LogP contribution >= 0.6 is 11.3 Å². The standard InChI is InChI=1S/C13H22N4OS/c1-4-6-16(3)13-15-11(14)10(19-13)12(18)17-7-5-9(2)8-17/h9H,4-8,14H2,1-3H3. The topological polar surface area (TPSA) is 62.5 Å². The second kappa shape index (κ2) is 5.77. The Bertz CT molecular complexity index is 459. The molecular formula is C13H22N4OS. The number of nitrogens with zero attached hydrogens (tertiary/aromatic N) is 3. The van der Waals surface area contributed by atoms with E-state index in [1.54, 1.807) is 0 Å². The van der Waals surface area contributed by atoms with E-state index in [2.05, 4.69) is 18.8 Å². The van der Waals surface area contributed by atoms with E-state index in [-0.39, 0.29) is 5.91 Å². The Balaban J connectivity index is 2.14. The minimum absolute atomic E-state index is 0.0375. The molecule has 0 saturated carbocycles. The van der Waals surface area contributed by atoms with Gasteiger partial charge in [-0.3, -0.25) is 4.79 Å². The van der Waals surface area contributed by atoms with E-state index >= 15 is 0 Å². The van der Waals surface area contributed by atoms with Crippen LogP contribution in [0.3, 0.4) is 0 Å². The number of aromatic nitrogens is 1. The molecule has 1 saturated heterocycles. The van der Waals surface area contributed by atoms with Crippen LogP contribution in [0.5, 0.6) is 0 Å². The van der Waals surface area contributed by atoms with Crippen molar-refractivity contribution in [3.63, 3.8) is 0 Å². The Hall–Kier alpha value is -1.30. The number of rotatable bonds is 4. The predicted octanol–water partition coefficient (Wildman–Crippen LogP) is 2.05. The third-order valence-corrected chi connectivity index (χ3v) is 4.61. The van der Waals surface area contributed by atoms with Gasteiger partial charge < -0.3 is 15.5 Å². The van der Waals surface area contributed by atoms with Crippen LogP contribution < -0.4 is 10.6 Å². The molecule has 19 heavy (non-hydrogen) atoms. The normalized spacial score (nSPS) is 18.9. The minimum atomic E-state index is 0.0375. The quantitative estimate of drug-likeness (QED) is 0.918. The SMILES string of the molecule is CCCN(C)c1nc(N)c(C(=O)N2CCC(C)C2)s1. The second-order valence-corrected chi connectivity index (χ2v) is 6.25. The van der Waals surface area contributed by atoms with Gasteiger partial charge in [0.1, 0.15) is 10.7 Å². The fourth-order valence-electron chi connectivity index (χ4n) is 2.33. The summed E-state index contributed by atoms with van der Waals surface area (Å²) in [6.45, 7) is 6.87. The lowest BCUT2D eigenvalue weighted by Crippen LogP contribution is -2.28. The zero-order chi connectivity index (χ0) is 14.0.